The molecule has 6 atom stereocenters. The first kappa shape index (κ1) is 55.3. The quantitative estimate of drug-likeness (QED) is 0.0149. The molecular weight excluding hydrogens is 779 g/mol. The number of hydrogen-bond acceptors (Lipinski definition) is 12. The van der Waals surface area contributed by atoms with Gasteiger partial charge in [-0.05, 0) is 44.9 Å². The van der Waals surface area contributed by atoms with Gasteiger partial charge in [-0.1, -0.05) is 160 Å². The van der Waals surface area contributed by atoms with Gasteiger partial charge in [0.2, 0.25) is 0 Å². The number of phosphoric ester groups is 1. The van der Waals surface area contributed by atoms with Gasteiger partial charge in [-0.3, -0.25) is 18.6 Å². The van der Waals surface area contributed by atoms with Crippen LogP contribution in [-0.2, 0) is 32.7 Å². The summed E-state index contributed by atoms with van der Waals surface area (Å²) in [5.74, 6) is -1.10. The van der Waals surface area contributed by atoms with E-state index in [-0.39, 0.29) is 12.8 Å². The normalized spacial score (nSPS) is 22.5. The molecule has 1 aliphatic carbocycles. The van der Waals surface area contributed by atoms with Gasteiger partial charge in [0, 0.05) is 12.8 Å². The number of esters is 2. The lowest BCUT2D eigenvalue weighted by molar-refractivity contribution is -0.220. The number of hydrogen-bond donors (Lipinski definition) is 6. The lowest BCUT2D eigenvalue weighted by Crippen LogP contribution is -2.64. The molecule has 6 unspecified atom stereocenters. The van der Waals surface area contributed by atoms with Gasteiger partial charge < -0.3 is 39.9 Å². The second-order valence-electron chi connectivity index (χ2n) is 16.3. The first-order valence-electron chi connectivity index (χ1n) is 23.1. The van der Waals surface area contributed by atoms with Crippen molar-refractivity contribution in [2.24, 2.45) is 0 Å². The number of unbranched alkanes of at least 4 members (excludes halogenated alkanes) is 22. The molecule has 14 heteroatoms. The van der Waals surface area contributed by atoms with Gasteiger partial charge in [-0.25, -0.2) is 4.57 Å². The molecule has 346 valence electrons. The molecule has 0 aromatic carbocycles. The minimum atomic E-state index is -5.11. The van der Waals surface area contributed by atoms with E-state index in [4.69, 9.17) is 18.5 Å². The van der Waals surface area contributed by atoms with Gasteiger partial charge in [-0.2, -0.15) is 0 Å². The molecule has 1 fully saturated rings. The van der Waals surface area contributed by atoms with E-state index in [1.165, 1.54) is 83.5 Å². The molecule has 0 heterocycles. The van der Waals surface area contributed by atoms with Crippen molar-refractivity contribution in [3.05, 3.63) is 24.3 Å². The molecule has 0 saturated heterocycles. The molecule has 59 heavy (non-hydrogen) atoms. The van der Waals surface area contributed by atoms with E-state index in [9.17, 15) is 44.6 Å². The lowest BCUT2D eigenvalue weighted by Gasteiger charge is -2.41. The fraction of sp³-hybridized carbons (Fsp3) is 0.867. The summed E-state index contributed by atoms with van der Waals surface area (Å²) in [4.78, 5) is 35.7. The lowest BCUT2D eigenvalue weighted by atomic mass is 9.85. The number of carbonyl (C=O) groups excluding carboxylic acids is 2. The van der Waals surface area contributed by atoms with Crippen LogP contribution in [0.5, 0.6) is 0 Å². The Morgan fingerprint density at radius 3 is 1.39 bits per heavy atom. The van der Waals surface area contributed by atoms with Crippen LogP contribution in [0.2, 0.25) is 0 Å². The molecule has 0 bridgehead atoms. The van der Waals surface area contributed by atoms with Crippen LogP contribution in [0.15, 0.2) is 24.3 Å². The summed E-state index contributed by atoms with van der Waals surface area (Å²) in [6.07, 6.45) is 25.2. The molecule has 0 aromatic rings. The van der Waals surface area contributed by atoms with Gasteiger partial charge in [0.1, 0.15) is 43.2 Å². The first-order chi connectivity index (χ1) is 28.4. The molecule has 0 aromatic heterocycles. The van der Waals surface area contributed by atoms with E-state index >= 15 is 0 Å². The van der Waals surface area contributed by atoms with Crippen molar-refractivity contribution in [1.82, 2.24) is 0 Å². The summed E-state index contributed by atoms with van der Waals surface area (Å²) >= 11 is 0. The maximum atomic E-state index is 12.8. The zero-order valence-corrected chi connectivity index (χ0v) is 37.4. The highest BCUT2D eigenvalue weighted by molar-refractivity contribution is 7.47. The van der Waals surface area contributed by atoms with E-state index in [0.29, 0.717) is 12.8 Å². The zero-order valence-electron chi connectivity index (χ0n) is 36.6. The summed E-state index contributed by atoms with van der Waals surface area (Å²) in [5.41, 5.74) is 0. The Kier molecular flexibility index (Phi) is 33.7. The zero-order chi connectivity index (χ0) is 43.6. The largest absolute Gasteiger partial charge is 0.472 e. The van der Waals surface area contributed by atoms with Crippen LogP contribution < -0.4 is 0 Å². The second-order valence-corrected chi connectivity index (χ2v) is 17.7. The Morgan fingerprint density at radius 2 is 0.915 bits per heavy atom. The Labute approximate surface area is 356 Å². The Balaban J connectivity index is 2.45. The first-order valence-corrected chi connectivity index (χ1v) is 24.6. The van der Waals surface area contributed by atoms with Crippen molar-refractivity contribution in [3.8, 4) is 0 Å². The van der Waals surface area contributed by atoms with Gasteiger partial charge >= 0.3 is 19.8 Å². The van der Waals surface area contributed by atoms with Crippen molar-refractivity contribution in [2.75, 3.05) is 13.2 Å². The van der Waals surface area contributed by atoms with Crippen LogP contribution in [0.3, 0.4) is 0 Å². The van der Waals surface area contributed by atoms with Crippen LogP contribution in [-0.4, -0.2) is 98.3 Å². The third-order valence-corrected chi connectivity index (χ3v) is 11.8. The number of carbonyl (C=O) groups is 2. The Hall–Kier alpha value is -1.67. The van der Waals surface area contributed by atoms with Crippen LogP contribution in [0.4, 0.5) is 0 Å². The third kappa shape index (κ3) is 28.5. The monoisotopic (exact) mass is 863 g/mol. The summed E-state index contributed by atoms with van der Waals surface area (Å²) in [5, 5.41) is 50.1. The van der Waals surface area contributed by atoms with Gasteiger partial charge in [-0.15, -0.1) is 0 Å². The minimum absolute atomic E-state index is 0.0904. The average molecular weight is 863 g/mol. The molecule has 1 rings (SSSR count). The van der Waals surface area contributed by atoms with Crippen molar-refractivity contribution in [1.29, 1.82) is 0 Å². The van der Waals surface area contributed by atoms with E-state index in [1.807, 2.05) is 0 Å². The maximum Gasteiger partial charge on any atom is 0.472 e. The molecule has 6 N–H and O–H groups in total. The smallest absolute Gasteiger partial charge is 0.462 e. The fourth-order valence-corrected chi connectivity index (χ4v) is 8.00. The van der Waals surface area contributed by atoms with E-state index in [0.717, 1.165) is 70.6 Å². The standard InChI is InChI=1S/C45H83O13P/c1-3-5-7-9-11-13-15-17-18-19-20-21-22-24-26-28-30-32-34-39(47)57-37(35-55-38(46)33-31-29-27-25-23-16-14-12-10-8-6-4-2)36-56-59(53,54)58-45-43(51)41(49)40(48)42(50)44(45)52/h13,15,18-19,37,40-45,48-52H,3-12,14,16-17,20-36H2,1-2H3,(H,53,54)/b15-13-,19-18-. The van der Waals surface area contributed by atoms with E-state index in [2.05, 4.69) is 38.2 Å². The SMILES string of the molecule is CCCCCC/C=C\C/C=C\CCCCCCCCCC(=O)OC(COC(=O)CCCCCCCCCCCCCC)COP(=O)(O)OC1C(O)C(O)C(O)C(O)C1O. The number of ether oxygens (including phenoxy) is 2. The average Bonchev–Trinajstić information content (AvgIpc) is 3.21. The third-order valence-electron chi connectivity index (χ3n) is 10.8. The summed E-state index contributed by atoms with van der Waals surface area (Å²) in [6.45, 7) is 3.27. The molecule has 0 aliphatic heterocycles. The predicted molar refractivity (Wildman–Crippen MR) is 230 cm³/mol. The molecule has 1 aliphatic rings. The molecule has 0 amide bonds. The van der Waals surface area contributed by atoms with Gasteiger partial charge in [0.05, 0.1) is 6.61 Å². The topological polar surface area (TPSA) is 210 Å². The van der Waals surface area contributed by atoms with E-state index < -0.39 is 75.7 Å². The van der Waals surface area contributed by atoms with Gasteiger partial charge in [0.25, 0.3) is 0 Å². The molecule has 1 saturated carbocycles. The number of rotatable bonds is 38. The highest BCUT2D eigenvalue weighted by Gasteiger charge is 2.51. The maximum absolute atomic E-state index is 12.8. The number of phosphoric acid groups is 1. The Morgan fingerprint density at radius 1 is 0.525 bits per heavy atom. The summed E-state index contributed by atoms with van der Waals surface area (Å²) < 4.78 is 33.5. The number of aliphatic hydroxyl groups is 5. The van der Waals surface area contributed by atoms with Crippen molar-refractivity contribution < 1.29 is 63.1 Å². The van der Waals surface area contributed by atoms with Gasteiger partial charge in [0.15, 0.2) is 6.10 Å². The van der Waals surface area contributed by atoms with Crippen molar-refractivity contribution >= 4 is 19.8 Å². The van der Waals surface area contributed by atoms with Crippen LogP contribution >= 0.6 is 7.82 Å². The molecule has 0 radical (unpaired) electrons. The number of allylic oxidation sites excluding steroid dienone is 4. The van der Waals surface area contributed by atoms with E-state index in [1.54, 1.807) is 0 Å². The fourth-order valence-electron chi connectivity index (χ4n) is 7.02. The highest BCUT2D eigenvalue weighted by Crippen LogP contribution is 2.47. The summed E-state index contributed by atoms with van der Waals surface area (Å²) in [7, 11) is -5.11. The highest BCUT2D eigenvalue weighted by atomic mass is 31.2. The van der Waals surface area contributed by atoms with Crippen LogP contribution in [0.25, 0.3) is 0 Å². The Bertz CT molecular complexity index is 1130. The van der Waals surface area contributed by atoms with Crippen molar-refractivity contribution in [2.45, 2.75) is 236 Å². The summed E-state index contributed by atoms with van der Waals surface area (Å²) in [6, 6.07) is 0. The number of aliphatic hydroxyl groups excluding tert-OH is 5. The molecular formula is C45H83O13P. The minimum Gasteiger partial charge on any atom is -0.462 e. The van der Waals surface area contributed by atoms with Crippen molar-refractivity contribution in [3.63, 3.8) is 0 Å². The molecule has 0 spiro atoms. The van der Waals surface area contributed by atoms with Crippen LogP contribution in [0, 0.1) is 0 Å². The molecule has 13 nitrogen and oxygen atoms in total. The second kappa shape index (κ2) is 35.9. The predicted octanol–water partition coefficient (Wildman–Crippen LogP) is 8.84. The van der Waals surface area contributed by atoms with Crippen LogP contribution in [0.1, 0.15) is 194 Å².